The van der Waals surface area contributed by atoms with Crippen molar-refractivity contribution >= 4 is 11.7 Å². The molecule has 1 aliphatic rings. The number of carbonyl (C=O) groups is 1. The molecule has 2 heterocycles. The van der Waals surface area contributed by atoms with Gasteiger partial charge in [0.15, 0.2) is 11.5 Å². The smallest absolute Gasteiger partial charge is 0.287 e. The molecule has 0 aromatic carbocycles. The molecule has 0 bridgehead atoms. The summed E-state index contributed by atoms with van der Waals surface area (Å²) >= 11 is 0. The standard InChI is InChI=1S/C11H18N6O/c1-11(13)2-6-17(7-3-11)16-10(18)8-9(12)15-5-4-14-8/h4-5H,2-3,6-7,13H2,1H3,(H2,12,15)(H,16,18). The van der Waals surface area contributed by atoms with E-state index >= 15 is 0 Å². The quantitative estimate of drug-likeness (QED) is 0.653. The van der Waals surface area contributed by atoms with Crippen LogP contribution >= 0.6 is 0 Å². The van der Waals surface area contributed by atoms with Gasteiger partial charge in [-0.2, -0.15) is 0 Å². The Kier molecular flexibility index (Phi) is 3.44. The van der Waals surface area contributed by atoms with Gasteiger partial charge in [0.2, 0.25) is 0 Å². The number of amides is 1. The van der Waals surface area contributed by atoms with E-state index in [0.717, 1.165) is 25.9 Å². The van der Waals surface area contributed by atoms with Crippen molar-refractivity contribution in [2.24, 2.45) is 5.73 Å². The molecular weight excluding hydrogens is 232 g/mol. The Morgan fingerprint density at radius 3 is 2.61 bits per heavy atom. The van der Waals surface area contributed by atoms with Gasteiger partial charge in [0.1, 0.15) is 0 Å². The lowest BCUT2D eigenvalue weighted by Crippen LogP contribution is -2.53. The van der Waals surface area contributed by atoms with Crippen molar-refractivity contribution in [1.82, 2.24) is 20.4 Å². The summed E-state index contributed by atoms with van der Waals surface area (Å²) in [7, 11) is 0. The molecule has 1 aliphatic heterocycles. The third kappa shape index (κ3) is 2.93. The number of nitrogen functional groups attached to an aromatic ring is 1. The van der Waals surface area contributed by atoms with Crippen molar-refractivity contribution in [2.45, 2.75) is 25.3 Å². The fourth-order valence-electron chi connectivity index (χ4n) is 1.85. The van der Waals surface area contributed by atoms with Crippen LogP contribution < -0.4 is 16.9 Å². The third-order valence-corrected chi connectivity index (χ3v) is 3.11. The summed E-state index contributed by atoms with van der Waals surface area (Å²) in [5.41, 5.74) is 14.4. The van der Waals surface area contributed by atoms with Crippen LogP contribution in [0.1, 0.15) is 30.3 Å². The van der Waals surface area contributed by atoms with Crippen LogP contribution in [0.4, 0.5) is 5.82 Å². The lowest BCUT2D eigenvalue weighted by Gasteiger charge is -2.36. The summed E-state index contributed by atoms with van der Waals surface area (Å²) < 4.78 is 0. The first-order valence-corrected chi connectivity index (χ1v) is 5.89. The first-order chi connectivity index (χ1) is 8.48. The Balaban J connectivity index is 1.95. The van der Waals surface area contributed by atoms with Crippen LogP contribution in [0.15, 0.2) is 12.4 Å². The highest BCUT2D eigenvalue weighted by atomic mass is 16.2. The van der Waals surface area contributed by atoms with Gasteiger partial charge in [-0.05, 0) is 19.8 Å². The van der Waals surface area contributed by atoms with Gasteiger partial charge in [0.25, 0.3) is 5.91 Å². The molecule has 1 aromatic heterocycles. The van der Waals surface area contributed by atoms with Crippen LogP contribution in [-0.4, -0.2) is 39.5 Å². The Morgan fingerprint density at radius 2 is 2.00 bits per heavy atom. The number of anilines is 1. The van der Waals surface area contributed by atoms with E-state index < -0.39 is 0 Å². The monoisotopic (exact) mass is 250 g/mol. The first kappa shape index (κ1) is 12.7. The minimum Gasteiger partial charge on any atom is -0.382 e. The fourth-order valence-corrected chi connectivity index (χ4v) is 1.85. The van der Waals surface area contributed by atoms with Crippen LogP contribution in [0, 0.1) is 0 Å². The average Bonchev–Trinajstić information content (AvgIpc) is 2.32. The van der Waals surface area contributed by atoms with Crippen LogP contribution in [-0.2, 0) is 0 Å². The Morgan fingerprint density at radius 1 is 1.39 bits per heavy atom. The van der Waals surface area contributed by atoms with Crippen molar-refractivity contribution in [3.8, 4) is 0 Å². The van der Waals surface area contributed by atoms with Crippen molar-refractivity contribution in [2.75, 3.05) is 18.8 Å². The highest BCUT2D eigenvalue weighted by Crippen LogP contribution is 2.17. The number of hydrogen-bond acceptors (Lipinski definition) is 6. The van der Waals surface area contributed by atoms with Gasteiger partial charge in [-0.25, -0.2) is 15.0 Å². The topological polar surface area (TPSA) is 110 Å². The van der Waals surface area contributed by atoms with E-state index in [4.69, 9.17) is 11.5 Å². The summed E-state index contributed by atoms with van der Waals surface area (Å²) in [6.45, 7) is 3.46. The maximum Gasteiger partial charge on any atom is 0.287 e. The number of nitrogens with zero attached hydrogens (tertiary/aromatic N) is 3. The predicted octanol–water partition coefficient (Wildman–Crippen LogP) is -0.483. The summed E-state index contributed by atoms with van der Waals surface area (Å²) in [6, 6.07) is 0. The molecule has 7 nitrogen and oxygen atoms in total. The maximum absolute atomic E-state index is 11.9. The SMILES string of the molecule is CC1(N)CCN(NC(=O)c2nccnc2N)CC1. The number of rotatable bonds is 2. The van der Waals surface area contributed by atoms with Gasteiger partial charge >= 0.3 is 0 Å². The molecule has 0 spiro atoms. The van der Waals surface area contributed by atoms with Crippen LogP contribution in [0.2, 0.25) is 0 Å². The molecule has 18 heavy (non-hydrogen) atoms. The molecule has 0 radical (unpaired) electrons. The number of aromatic nitrogens is 2. The normalized spacial score (nSPS) is 19.4. The zero-order valence-electron chi connectivity index (χ0n) is 10.4. The van der Waals surface area contributed by atoms with E-state index in [1.807, 2.05) is 11.9 Å². The lowest BCUT2D eigenvalue weighted by molar-refractivity contribution is 0.0681. The fraction of sp³-hybridized carbons (Fsp3) is 0.545. The van der Waals surface area contributed by atoms with Gasteiger partial charge in [-0.3, -0.25) is 10.2 Å². The molecule has 5 N–H and O–H groups in total. The highest BCUT2D eigenvalue weighted by molar-refractivity contribution is 5.95. The number of carbonyl (C=O) groups excluding carboxylic acids is 1. The van der Waals surface area contributed by atoms with Crippen molar-refractivity contribution in [3.05, 3.63) is 18.1 Å². The van der Waals surface area contributed by atoms with Crippen molar-refractivity contribution in [3.63, 3.8) is 0 Å². The molecule has 1 saturated heterocycles. The zero-order chi connectivity index (χ0) is 13.2. The summed E-state index contributed by atoms with van der Waals surface area (Å²) in [5.74, 6) is -0.197. The Hall–Kier alpha value is -1.73. The van der Waals surface area contributed by atoms with Gasteiger partial charge < -0.3 is 11.5 Å². The predicted molar refractivity (Wildman–Crippen MR) is 67.3 cm³/mol. The van der Waals surface area contributed by atoms with Crippen molar-refractivity contribution < 1.29 is 4.79 Å². The van der Waals surface area contributed by atoms with E-state index in [1.165, 1.54) is 12.4 Å². The number of nitrogens with two attached hydrogens (primary N) is 2. The maximum atomic E-state index is 11.9. The number of nitrogens with one attached hydrogen (secondary N) is 1. The van der Waals surface area contributed by atoms with Crippen molar-refractivity contribution in [1.29, 1.82) is 0 Å². The Bertz CT molecular complexity index is 437. The third-order valence-electron chi connectivity index (χ3n) is 3.11. The largest absolute Gasteiger partial charge is 0.382 e. The first-order valence-electron chi connectivity index (χ1n) is 5.89. The van der Waals surface area contributed by atoms with E-state index in [1.54, 1.807) is 0 Å². The summed E-state index contributed by atoms with van der Waals surface area (Å²) in [5, 5.41) is 1.84. The molecular formula is C11H18N6O. The summed E-state index contributed by atoms with van der Waals surface area (Å²) in [4.78, 5) is 19.7. The average molecular weight is 250 g/mol. The molecule has 7 heteroatoms. The van der Waals surface area contributed by atoms with Gasteiger partial charge in [0.05, 0.1) is 0 Å². The molecule has 2 rings (SSSR count). The number of hydrazine groups is 1. The second-order valence-electron chi connectivity index (χ2n) is 4.87. The minimum atomic E-state index is -0.332. The van der Waals surface area contributed by atoms with E-state index in [9.17, 15) is 4.79 Å². The molecule has 0 saturated carbocycles. The second kappa shape index (κ2) is 4.87. The van der Waals surface area contributed by atoms with Gasteiger partial charge in [0, 0.05) is 31.0 Å². The van der Waals surface area contributed by atoms with Crippen LogP contribution in [0.25, 0.3) is 0 Å². The van der Waals surface area contributed by atoms with E-state index in [2.05, 4.69) is 15.4 Å². The van der Waals surface area contributed by atoms with Gasteiger partial charge in [-0.15, -0.1) is 0 Å². The van der Waals surface area contributed by atoms with Crippen LogP contribution in [0.3, 0.4) is 0 Å². The Labute approximate surface area is 106 Å². The van der Waals surface area contributed by atoms with Crippen LogP contribution in [0.5, 0.6) is 0 Å². The molecule has 1 amide bonds. The molecule has 1 aromatic rings. The minimum absolute atomic E-state index is 0.135. The molecule has 1 fully saturated rings. The molecule has 0 unspecified atom stereocenters. The van der Waals surface area contributed by atoms with E-state index in [-0.39, 0.29) is 23.0 Å². The molecule has 0 atom stereocenters. The molecule has 0 aliphatic carbocycles. The van der Waals surface area contributed by atoms with E-state index in [0.29, 0.717) is 0 Å². The highest BCUT2D eigenvalue weighted by Gasteiger charge is 2.27. The molecule has 98 valence electrons. The number of piperidine rings is 1. The second-order valence-corrected chi connectivity index (χ2v) is 4.87. The van der Waals surface area contributed by atoms with Gasteiger partial charge in [-0.1, -0.05) is 0 Å². The lowest BCUT2D eigenvalue weighted by atomic mass is 9.92. The zero-order valence-corrected chi connectivity index (χ0v) is 10.4. The number of hydrogen-bond donors (Lipinski definition) is 3. The summed E-state index contributed by atoms with van der Waals surface area (Å²) in [6.07, 6.45) is 4.57.